The van der Waals surface area contributed by atoms with E-state index in [0.29, 0.717) is 6.42 Å². The van der Waals surface area contributed by atoms with Crippen LogP contribution in [0, 0.1) is 36.5 Å². The van der Waals surface area contributed by atoms with Crippen LogP contribution in [0.5, 0.6) is 0 Å². The molecular weight excluding hydrogens is 516 g/mol. The molecule has 0 bridgehead atoms. The van der Waals surface area contributed by atoms with E-state index in [0.717, 1.165) is 61.5 Å². The number of allylic oxidation sites excluding steroid dienone is 4. The Morgan fingerprint density at radius 3 is 2.26 bits per heavy atom. The van der Waals surface area contributed by atoms with Gasteiger partial charge in [0.25, 0.3) is 0 Å². The topological polar surface area (TPSA) is 51.2 Å². The number of hydrogen-bond donors (Lipinski definition) is 0. The largest absolute Gasteiger partial charge is 0.300 e. The molecule has 0 saturated heterocycles. The average molecular weight is 575 g/mol. The minimum atomic E-state index is -0.0885. The maximum Gasteiger partial charge on any atom is 0.163 e. The molecule has 0 N–H and O–H groups in total. The van der Waals surface area contributed by atoms with Crippen molar-refractivity contribution in [3.05, 3.63) is 52.1 Å². The Morgan fingerprint density at radius 2 is 1.64 bits per heavy atom. The molecule has 1 saturated carbocycles. The third kappa shape index (κ3) is 9.10. The van der Waals surface area contributed by atoms with Crippen LogP contribution >= 0.6 is 0 Å². The van der Waals surface area contributed by atoms with Crippen molar-refractivity contribution in [3.63, 3.8) is 0 Å². The fourth-order valence-corrected chi connectivity index (χ4v) is 7.85. The van der Waals surface area contributed by atoms with Crippen LogP contribution in [0.25, 0.3) is 5.57 Å². The molecule has 0 amide bonds. The number of carbonyl (C=O) groups is 3. The molecule has 1 aromatic rings. The van der Waals surface area contributed by atoms with Gasteiger partial charge in [-0.3, -0.25) is 14.4 Å². The molecule has 0 aliphatic heterocycles. The molecule has 3 aliphatic carbocycles. The minimum absolute atomic E-state index is 0.0395. The first kappa shape index (κ1) is 34.2. The highest BCUT2D eigenvalue weighted by molar-refractivity contribution is 6.01. The number of rotatable bonds is 12. The lowest BCUT2D eigenvalue weighted by Crippen LogP contribution is -2.30. The van der Waals surface area contributed by atoms with Crippen molar-refractivity contribution in [1.82, 2.24) is 0 Å². The van der Waals surface area contributed by atoms with Crippen LogP contribution in [0.3, 0.4) is 0 Å². The molecule has 1 aromatic carbocycles. The van der Waals surface area contributed by atoms with Crippen molar-refractivity contribution in [1.29, 1.82) is 0 Å². The molecule has 0 heterocycles. The smallest absolute Gasteiger partial charge is 0.163 e. The predicted octanol–water partition coefficient (Wildman–Crippen LogP) is 10.5. The lowest BCUT2D eigenvalue weighted by molar-refractivity contribution is -0.129. The highest BCUT2D eigenvalue weighted by Gasteiger charge is 2.34. The highest BCUT2D eigenvalue weighted by Crippen LogP contribution is 2.42. The van der Waals surface area contributed by atoms with Crippen LogP contribution in [0.4, 0.5) is 0 Å². The Bertz CT molecular complexity index is 1140. The van der Waals surface area contributed by atoms with Crippen molar-refractivity contribution < 1.29 is 14.4 Å². The van der Waals surface area contributed by atoms with E-state index in [1.165, 1.54) is 62.1 Å². The molecule has 0 spiro atoms. The molecule has 4 rings (SSSR count). The molecule has 1 fully saturated rings. The summed E-state index contributed by atoms with van der Waals surface area (Å²) in [5.41, 5.74) is 7.47. The zero-order valence-electron chi connectivity index (χ0n) is 27.8. The van der Waals surface area contributed by atoms with Gasteiger partial charge in [-0.25, -0.2) is 0 Å². The lowest BCUT2D eigenvalue weighted by atomic mass is 9.71. The average Bonchev–Trinajstić information content (AvgIpc) is 3.38. The lowest BCUT2D eigenvalue weighted by Gasteiger charge is -2.32. The Morgan fingerprint density at radius 1 is 0.952 bits per heavy atom. The van der Waals surface area contributed by atoms with Gasteiger partial charge in [-0.15, -0.1) is 0 Å². The number of fused-ring (bicyclic) bond motifs is 1. The van der Waals surface area contributed by atoms with E-state index in [4.69, 9.17) is 0 Å². The van der Waals surface area contributed by atoms with Gasteiger partial charge in [-0.05, 0) is 105 Å². The molecule has 3 aliphatic rings. The molecule has 42 heavy (non-hydrogen) atoms. The summed E-state index contributed by atoms with van der Waals surface area (Å²) in [4.78, 5) is 38.2. The van der Waals surface area contributed by atoms with Gasteiger partial charge in [0.2, 0.25) is 0 Å². The number of Topliss-reactive ketones (excluding diaryl/α,β-unsaturated/α-hetero) is 3. The van der Waals surface area contributed by atoms with Crippen LogP contribution in [0.15, 0.2) is 29.9 Å². The fourth-order valence-electron chi connectivity index (χ4n) is 7.85. The Balaban J connectivity index is 0.00000155. The van der Waals surface area contributed by atoms with Gasteiger partial charge in [0.15, 0.2) is 5.78 Å². The van der Waals surface area contributed by atoms with E-state index < -0.39 is 0 Å². The van der Waals surface area contributed by atoms with Gasteiger partial charge in [0.1, 0.15) is 11.6 Å². The second-order valence-electron chi connectivity index (χ2n) is 13.9. The normalized spacial score (nSPS) is 23.2. The van der Waals surface area contributed by atoms with Crippen molar-refractivity contribution >= 4 is 22.9 Å². The molecule has 3 unspecified atom stereocenters. The highest BCUT2D eigenvalue weighted by atomic mass is 16.1. The summed E-state index contributed by atoms with van der Waals surface area (Å²) < 4.78 is 0. The summed E-state index contributed by atoms with van der Waals surface area (Å²) in [6.45, 7) is 14.5. The SMILES string of the molecule is CCC.CCCC(CC1CC(=O)c2c(C)ccc(C3=CC=C(CC4CCC(C)CC4)C3)c2C1)C(CC)C(=O)CC(C)=O. The summed E-state index contributed by atoms with van der Waals surface area (Å²) in [6.07, 6.45) is 18.7. The van der Waals surface area contributed by atoms with E-state index in [-0.39, 0.29) is 41.5 Å². The van der Waals surface area contributed by atoms with Crippen LogP contribution < -0.4 is 0 Å². The van der Waals surface area contributed by atoms with Gasteiger partial charge < -0.3 is 0 Å². The summed E-state index contributed by atoms with van der Waals surface area (Å²) in [6, 6.07) is 4.39. The molecule has 3 heteroatoms. The van der Waals surface area contributed by atoms with Crippen molar-refractivity contribution in [3.8, 4) is 0 Å². The zero-order valence-corrected chi connectivity index (χ0v) is 27.8. The van der Waals surface area contributed by atoms with E-state index in [9.17, 15) is 14.4 Å². The number of ketones is 3. The number of benzene rings is 1. The van der Waals surface area contributed by atoms with Crippen LogP contribution in [-0.2, 0) is 16.0 Å². The van der Waals surface area contributed by atoms with Gasteiger partial charge in [0.05, 0.1) is 6.42 Å². The number of aryl methyl sites for hydroxylation is 1. The Hall–Kier alpha value is -2.29. The molecule has 232 valence electrons. The van der Waals surface area contributed by atoms with Gasteiger partial charge in [0, 0.05) is 17.9 Å². The number of hydrogen-bond acceptors (Lipinski definition) is 3. The molecule has 3 nitrogen and oxygen atoms in total. The maximum absolute atomic E-state index is 13.6. The molecule has 0 radical (unpaired) electrons. The van der Waals surface area contributed by atoms with E-state index in [1.54, 1.807) is 5.57 Å². The van der Waals surface area contributed by atoms with Crippen LogP contribution in [-0.4, -0.2) is 17.3 Å². The monoisotopic (exact) mass is 574 g/mol. The van der Waals surface area contributed by atoms with E-state index >= 15 is 0 Å². The Labute approximate surface area is 257 Å². The van der Waals surface area contributed by atoms with Crippen molar-refractivity contribution in [2.45, 2.75) is 138 Å². The standard InChI is InChI=1S/C36H50O3.C3H8/c1-6-8-29(31(7-2)34(38)17-25(5)37)20-28-21-33-32(16-11-24(4)36(33)35(39)22-28)30-15-14-27(19-30)18-26-12-9-23(3)10-13-26;1-3-2/h11,14-16,23,26,28-29,31H,6-10,12-13,17-22H2,1-5H3;3H2,1-2H3. The first-order chi connectivity index (χ1) is 20.1. The molecule has 0 aromatic heterocycles. The van der Waals surface area contributed by atoms with Crippen LogP contribution in [0.2, 0.25) is 0 Å². The quantitative estimate of drug-likeness (QED) is 0.233. The summed E-state index contributed by atoms with van der Waals surface area (Å²) in [5, 5.41) is 0. The van der Waals surface area contributed by atoms with Gasteiger partial charge in [-0.1, -0.05) is 96.6 Å². The predicted molar refractivity (Wildman–Crippen MR) is 177 cm³/mol. The summed E-state index contributed by atoms with van der Waals surface area (Å²) in [5.74, 6) is 2.41. The maximum atomic E-state index is 13.6. The second kappa shape index (κ2) is 16.5. The summed E-state index contributed by atoms with van der Waals surface area (Å²) >= 11 is 0. The fraction of sp³-hybridized carbons (Fsp3) is 0.667. The molecular formula is C39H58O3. The van der Waals surface area contributed by atoms with Crippen molar-refractivity contribution in [2.75, 3.05) is 0 Å². The third-order valence-corrected chi connectivity index (χ3v) is 9.88. The van der Waals surface area contributed by atoms with E-state index in [2.05, 4.69) is 65.8 Å². The minimum Gasteiger partial charge on any atom is -0.300 e. The number of carbonyl (C=O) groups excluding carboxylic acids is 3. The first-order valence-corrected chi connectivity index (χ1v) is 17.2. The third-order valence-electron chi connectivity index (χ3n) is 9.88. The first-order valence-electron chi connectivity index (χ1n) is 17.2. The summed E-state index contributed by atoms with van der Waals surface area (Å²) in [7, 11) is 0. The second-order valence-corrected chi connectivity index (χ2v) is 13.9. The van der Waals surface area contributed by atoms with Gasteiger partial charge in [-0.2, -0.15) is 0 Å². The van der Waals surface area contributed by atoms with E-state index in [1.807, 2.05) is 0 Å². The zero-order chi connectivity index (χ0) is 30.8. The molecule has 3 atom stereocenters. The van der Waals surface area contributed by atoms with Crippen molar-refractivity contribution in [2.24, 2.45) is 29.6 Å². The van der Waals surface area contributed by atoms with Crippen LogP contribution in [0.1, 0.15) is 152 Å². The Kier molecular flexibility index (Phi) is 13.5. The van der Waals surface area contributed by atoms with Gasteiger partial charge >= 0.3 is 0 Å².